The summed E-state index contributed by atoms with van der Waals surface area (Å²) < 4.78 is 0. The van der Waals surface area contributed by atoms with Crippen molar-refractivity contribution in [1.82, 2.24) is 9.91 Å². The van der Waals surface area contributed by atoms with Crippen molar-refractivity contribution in [1.29, 1.82) is 0 Å². The number of hydrogen-bond donors (Lipinski definition) is 2. The van der Waals surface area contributed by atoms with Gasteiger partial charge in [-0.05, 0) is 47.2 Å². The first-order valence-corrected chi connectivity index (χ1v) is 10.4. The van der Waals surface area contributed by atoms with Gasteiger partial charge >= 0.3 is 0 Å². The van der Waals surface area contributed by atoms with Crippen LogP contribution >= 0.6 is 11.6 Å². The summed E-state index contributed by atoms with van der Waals surface area (Å²) in [5.41, 5.74) is 4.81. The normalized spacial score (nSPS) is 25.6. The molecular weight excluding hydrogens is 402 g/mol. The van der Waals surface area contributed by atoms with Crippen molar-refractivity contribution in [2.24, 2.45) is 5.10 Å². The average Bonchev–Trinajstić information content (AvgIpc) is 2.89. The van der Waals surface area contributed by atoms with Gasteiger partial charge in [0, 0.05) is 24.5 Å². The number of fused-ring (bicyclic) bond motifs is 3. The molecular formula is C23H22ClN3O3. The Morgan fingerprint density at radius 1 is 1.10 bits per heavy atom. The zero-order valence-corrected chi connectivity index (χ0v) is 17.3. The highest BCUT2D eigenvalue weighted by Crippen LogP contribution is 2.42. The molecule has 1 amide bonds. The number of hydrogen-bond acceptors (Lipinski definition) is 5. The second kappa shape index (κ2) is 7.15. The van der Waals surface area contributed by atoms with E-state index in [9.17, 15) is 15.0 Å². The molecule has 3 unspecified atom stereocenters. The zero-order chi connectivity index (χ0) is 21.0. The maximum atomic E-state index is 12.8. The Labute approximate surface area is 179 Å². The maximum absolute atomic E-state index is 12.8. The van der Waals surface area contributed by atoms with Crippen LogP contribution in [-0.4, -0.2) is 58.0 Å². The fourth-order valence-electron chi connectivity index (χ4n) is 4.86. The fourth-order valence-corrected chi connectivity index (χ4v) is 5.05. The van der Waals surface area contributed by atoms with Crippen LogP contribution in [0.15, 0.2) is 59.0 Å². The third-order valence-corrected chi connectivity index (χ3v) is 6.52. The molecule has 2 N–H and O–H groups in total. The summed E-state index contributed by atoms with van der Waals surface area (Å²) in [6, 6.07) is 14.1. The summed E-state index contributed by atoms with van der Waals surface area (Å²) in [5, 5.41) is 27.2. The van der Waals surface area contributed by atoms with E-state index >= 15 is 0 Å². The molecule has 2 aromatic rings. The third kappa shape index (κ3) is 2.90. The van der Waals surface area contributed by atoms with Gasteiger partial charge in [-0.1, -0.05) is 41.9 Å². The quantitative estimate of drug-likeness (QED) is 0.739. The number of aliphatic hydroxyl groups excluding tert-OH is 2. The van der Waals surface area contributed by atoms with Crippen LogP contribution in [0, 0.1) is 0 Å². The number of carbonyl (C=O) groups excluding carboxylic acids is 1. The molecule has 2 heterocycles. The molecule has 1 saturated heterocycles. The summed E-state index contributed by atoms with van der Waals surface area (Å²) in [6.07, 6.45) is 1.77. The lowest BCUT2D eigenvalue weighted by molar-refractivity contribution is -0.132. The lowest BCUT2D eigenvalue weighted by Crippen LogP contribution is -2.55. The topological polar surface area (TPSA) is 76.4 Å². The Bertz CT molecular complexity index is 1100. The number of carbonyl (C=O) groups is 1. The summed E-state index contributed by atoms with van der Waals surface area (Å²) in [4.78, 5) is 14.4. The van der Waals surface area contributed by atoms with Crippen molar-refractivity contribution < 1.29 is 15.0 Å². The molecule has 0 spiro atoms. The summed E-state index contributed by atoms with van der Waals surface area (Å²) in [5.74, 6) is -0.788. The van der Waals surface area contributed by atoms with Crippen LogP contribution in [0.5, 0.6) is 0 Å². The maximum Gasteiger partial charge on any atom is 0.275 e. The van der Waals surface area contributed by atoms with E-state index in [0.29, 0.717) is 11.6 Å². The van der Waals surface area contributed by atoms with Gasteiger partial charge in [-0.15, -0.1) is 0 Å². The van der Waals surface area contributed by atoms with Crippen molar-refractivity contribution in [3.8, 4) is 0 Å². The predicted molar refractivity (Wildman–Crippen MR) is 115 cm³/mol. The lowest BCUT2D eigenvalue weighted by atomic mass is 9.81. The van der Waals surface area contributed by atoms with Crippen LogP contribution < -0.4 is 0 Å². The molecule has 2 aliphatic heterocycles. The standard InChI is InChI=1S/C23H22ClN3O3/c1-26-12-18(27-21(23(26)30)22(29)19(28)11-25-27)20-16-5-3-2-4-13(16)6-7-14-10-15(24)8-9-17(14)20/h2-5,8-11,18-20,28-29H,6-7,12H2,1H3. The van der Waals surface area contributed by atoms with Gasteiger partial charge in [0.05, 0.1) is 12.3 Å². The Morgan fingerprint density at radius 3 is 2.67 bits per heavy atom. The van der Waals surface area contributed by atoms with Crippen LogP contribution in [-0.2, 0) is 17.6 Å². The van der Waals surface area contributed by atoms with E-state index in [1.165, 1.54) is 22.9 Å². The number of benzene rings is 2. The van der Waals surface area contributed by atoms with Crippen LogP contribution in [0.25, 0.3) is 0 Å². The number of amides is 1. The second-order valence-electron chi connectivity index (χ2n) is 8.06. The molecule has 1 aliphatic carbocycles. The van der Waals surface area contributed by atoms with Crippen molar-refractivity contribution in [2.45, 2.75) is 30.9 Å². The first-order chi connectivity index (χ1) is 14.5. The van der Waals surface area contributed by atoms with Gasteiger partial charge in [0.25, 0.3) is 5.91 Å². The summed E-state index contributed by atoms with van der Waals surface area (Å²) >= 11 is 6.31. The molecule has 3 aliphatic rings. The van der Waals surface area contributed by atoms with E-state index in [0.717, 1.165) is 18.4 Å². The third-order valence-electron chi connectivity index (χ3n) is 6.29. The number of nitrogens with zero attached hydrogens (tertiary/aromatic N) is 3. The highest BCUT2D eigenvalue weighted by atomic mass is 35.5. The van der Waals surface area contributed by atoms with Crippen molar-refractivity contribution in [3.05, 3.63) is 81.2 Å². The number of hydrazone groups is 1. The monoisotopic (exact) mass is 423 g/mol. The fraction of sp³-hybridized carbons (Fsp3) is 0.304. The highest BCUT2D eigenvalue weighted by molar-refractivity contribution is 6.30. The molecule has 0 radical (unpaired) electrons. The van der Waals surface area contributed by atoms with Gasteiger partial charge in [0.1, 0.15) is 6.10 Å². The van der Waals surface area contributed by atoms with Crippen molar-refractivity contribution in [3.63, 3.8) is 0 Å². The first kappa shape index (κ1) is 19.2. The van der Waals surface area contributed by atoms with E-state index in [-0.39, 0.29) is 29.3 Å². The molecule has 3 atom stereocenters. The van der Waals surface area contributed by atoms with Gasteiger partial charge in [-0.25, -0.2) is 0 Å². The number of rotatable bonds is 1. The summed E-state index contributed by atoms with van der Waals surface area (Å²) in [7, 11) is 1.71. The first-order valence-electron chi connectivity index (χ1n) is 10.0. The molecule has 5 rings (SSSR count). The van der Waals surface area contributed by atoms with E-state index in [1.54, 1.807) is 17.0 Å². The van der Waals surface area contributed by atoms with Crippen LogP contribution in [0.4, 0.5) is 0 Å². The Balaban J connectivity index is 1.71. The minimum absolute atomic E-state index is 0.0426. The SMILES string of the molecule is CN1CC(C2c3ccccc3CCc3cc(Cl)ccc32)N2N=CC(O)C(O)=C2C1=O. The van der Waals surface area contributed by atoms with Crippen molar-refractivity contribution in [2.75, 3.05) is 13.6 Å². The average molecular weight is 424 g/mol. The lowest BCUT2D eigenvalue weighted by Gasteiger charge is -2.45. The molecule has 0 bridgehead atoms. The molecule has 30 heavy (non-hydrogen) atoms. The molecule has 1 fully saturated rings. The van der Waals surface area contributed by atoms with Crippen molar-refractivity contribution >= 4 is 23.7 Å². The molecule has 7 heteroatoms. The zero-order valence-electron chi connectivity index (χ0n) is 16.5. The Kier molecular flexibility index (Phi) is 4.56. The van der Waals surface area contributed by atoms with Gasteiger partial charge in [0.15, 0.2) is 11.5 Å². The number of piperazine rings is 1. The number of aryl methyl sites for hydroxylation is 2. The highest BCUT2D eigenvalue weighted by Gasteiger charge is 2.45. The smallest absolute Gasteiger partial charge is 0.275 e. The number of likely N-dealkylation sites (N-methyl/N-ethyl adjacent to an activating group) is 1. The Hall–Kier alpha value is -2.83. The second-order valence-corrected chi connectivity index (χ2v) is 8.50. The molecule has 2 aromatic carbocycles. The Morgan fingerprint density at radius 2 is 1.83 bits per heavy atom. The van der Waals surface area contributed by atoms with Crippen LogP contribution in [0.3, 0.4) is 0 Å². The minimum atomic E-state index is -1.28. The number of aliphatic hydroxyl groups is 2. The predicted octanol–water partition coefficient (Wildman–Crippen LogP) is 2.84. The molecule has 154 valence electrons. The van der Waals surface area contributed by atoms with Crippen LogP contribution in [0.1, 0.15) is 28.2 Å². The van der Waals surface area contributed by atoms with Crippen LogP contribution in [0.2, 0.25) is 5.02 Å². The van der Waals surface area contributed by atoms with Gasteiger partial charge < -0.3 is 15.1 Å². The number of halogens is 1. The van der Waals surface area contributed by atoms with E-state index in [4.69, 9.17) is 11.6 Å². The molecule has 0 aromatic heterocycles. The van der Waals surface area contributed by atoms with E-state index in [2.05, 4.69) is 23.3 Å². The minimum Gasteiger partial charge on any atom is -0.507 e. The van der Waals surface area contributed by atoms with Gasteiger partial charge in [0.2, 0.25) is 0 Å². The van der Waals surface area contributed by atoms with E-state index < -0.39 is 6.10 Å². The van der Waals surface area contributed by atoms with Gasteiger partial charge in [-0.2, -0.15) is 5.10 Å². The molecule has 6 nitrogen and oxygen atoms in total. The van der Waals surface area contributed by atoms with Gasteiger partial charge in [-0.3, -0.25) is 9.80 Å². The van der Waals surface area contributed by atoms with E-state index in [1.807, 2.05) is 24.3 Å². The molecule has 0 saturated carbocycles. The summed E-state index contributed by atoms with van der Waals surface area (Å²) in [6.45, 7) is 0.435. The largest absolute Gasteiger partial charge is 0.507 e.